The third-order valence-electron chi connectivity index (χ3n) is 2.84. The fourth-order valence-corrected chi connectivity index (χ4v) is 2.99. The Kier molecular flexibility index (Phi) is 5.55. The molecule has 2 rings (SSSR count). The first kappa shape index (κ1) is 17.4. The Morgan fingerprint density at radius 2 is 1.95 bits per heavy atom. The average molecular weight is 313 g/mol. The quantitative estimate of drug-likeness (QED) is 0.496. The van der Waals surface area contributed by atoms with Crippen LogP contribution >= 0.6 is 25.3 Å². The minimum absolute atomic E-state index is 0.0484. The summed E-state index contributed by atoms with van der Waals surface area (Å²) in [5.74, 6) is -0.623. The number of thiol groups is 2. The van der Waals surface area contributed by atoms with E-state index < -0.39 is 9.68 Å². The lowest BCUT2D eigenvalue weighted by molar-refractivity contribution is -0.156. The van der Waals surface area contributed by atoms with Crippen LogP contribution < -0.4 is 0 Å². The Bertz CT molecular complexity index is 455. The maximum atomic E-state index is 12.1. The molecule has 1 aromatic rings. The highest BCUT2D eigenvalue weighted by Gasteiger charge is 2.66. The molecular formula is C15H23NO2S2. The van der Waals surface area contributed by atoms with Crippen molar-refractivity contribution in [1.82, 2.24) is 4.98 Å². The standard InChI is InChI=1S/C13H17NO2S2.C2H6/c1-12(2,3)16-11(15)10-9(13(10,17)18)8-5-4-6-14-7-8;1-2/h4-7,9-10,17-18H,1-3H3;1-2H3. The van der Waals surface area contributed by atoms with E-state index in [2.05, 4.69) is 30.2 Å². The molecule has 1 aliphatic carbocycles. The van der Waals surface area contributed by atoms with Gasteiger partial charge in [-0.15, -0.1) is 0 Å². The largest absolute Gasteiger partial charge is 0.460 e. The summed E-state index contributed by atoms with van der Waals surface area (Å²) in [5, 5.41) is 0. The molecule has 0 radical (unpaired) electrons. The summed E-state index contributed by atoms with van der Waals surface area (Å²) in [7, 11) is 0. The molecule has 0 saturated heterocycles. The molecule has 1 fully saturated rings. The molecule has 0 spiro atoms. The number of carbonyl (C=O) groups is 1. The van der Waals surface area contributed by atoms with E-state index >= 15 is 0 Å². The first-order valence-electron chi connectivity index (χ1n) is 6.81. The molecule has 3 nitrogen and oxygen atoms in total. The van der Waals surface area contributed by atoms with Crippen molar-refractivity contribution < 1.29 is 9.53 Å². The molecule has 2 unspecified atom stereocenters. The lowest BCUT2D eigenvalue weighted by Crippen LogP contribution is -2.26. The lowest BCUT2D eigenvalue weighted by Gasteiger charge is -2.19. The minimum Gasteiger partial charge on any atom is -0.460 e. The van der Waals surface area contributed by atoms with Crippen LogP contribution in [0, 0.1) is 5.92 Å². The highest BCUT2D eigenvalue weighted by molar-refractivity contribution is 8.01. The molecule has 1 saturated carbocycles. The number of pyridine rings is 1. The minimum atomic E-state index is -0.647. The highest BCUT2D eigenvalue weighted by Crippen LogP contribution is 2.64. The monoisotopic (exact) mass is 313 g/mol. The van der Waals surface area contributed by atoms with Crippen LogP contribution in [0.2, 0.25) is 0 Å². The van der Waals surface area contributed by atoms with Gasteiger partial charge in [0.25, 0.3) is 0 Å². The number of carbonyl (C=O) groups excluding carboxylic acids is 1. The van der Waals surface area contributed by atoms with Crippen LogP contribution in [0.25, 0.3) is 0 Å². The van der Waals surface area contributed by atoms with Crippen LogP contribution in [0.15, 0.2) is 24.5 Å². The first-order chi connectivity index (χ1) is 9.23. The van der Waals surface area contributed by atoms with E-state index in [1.165, 1.54) is 0 Å². The third kappa shape index (κ3) is 3.92. The van der Waals surface area contributed by atoms with Gasteiger partial charge in [-0.05, 0) is 32.4 Å². The van der Waals surface area contributed by atoms with Crippen molar-refractivity contribution in [2.24, 2.45) is 5.92 Å². The summed E-state index contributed by atoms with van der Waals surface area (Å²) in [5.41, 5.74) is 0.481. The summed E-state index contributed by atoms with van der Waals surface area (Å²) in [6, 6.07) is 3.78. The molecule has 20 heavy (non-hydrogen) atoms. The molecule has 0 aliphatic heterocycles. The smallest absolute Gasteiger partial charge is 0.312 e. The summed E-state index contributed by atoms with van der Waals surface area (Å²) >= 11 is 8.92. The van der Waals surface area contributed by atoms with Crippen molar-refractivity contribution in [3.05, 3.63) is 30.1 Å². The second-order valence-corrected chi connectivity index (χ2v) is 7.39. The van der Waals surface area contributed by atoms with E-state index in [0.29, 0.717) is 0 Å². The third-order valence-corrected chi connectivity index (χ3v) is 3.96. The molecule has 0 N–H and O–H groups in total. The maximum absolute atomic E-state index is 12.1. The van der Waals surface area contributed by atoms with Gasteiger partial charge < -0.3 is 4.74 Å². The maximum Gasteiger partial charge on any atom is 0.312 e. The normalized spacial score (nSPS) is 23.4. The number of hydrogen-bond donors (Lipinski definition) is 2. The Balaban J connectivity index is 0.000000956. The van der Waals surface area contributed by atoms with E-state index in [4.69, 9.17) is 4.74 Å². The number of hydrogen-bond acceptors (Lipinski definition) is 5. The SMILES string of the molecule is CC.CC(C)(C)OC(=O)C1C(c2cccnc2)C1(S)S. The topological polar surface area (TPSA) is 39.2 Å². The van der Waals surface area contributed by atoms with E-state index in [0.717, 1.165) is 5.56 Å². The number of nitrogens with zero attached hydrogens (tertiary/aromatic N) is 1. The van der Waals surface area contributed by atoms with Crippen LogP contribution in [0.5, 0.6) is 0 Å². The first-order valence-corrected chi connectivity index (χ1v) is 7.70. The van der Waals surface area contributed by atoms with E-state index in [1.807, 2.05) is 46.8 Å². The Morgan fingerprint density at radius 3 is 2.40 bits per heavy atom. The van der Waals surface area contributed by atoms with Gasteiger partial charge in [0.05, 0.1) is 10.00 Å². The van der Waals surface area contributed by atoms with Gasteiger partial charge in [-0.1, -0.05) is 19.9 Å². The summed E-state index contributed by atoms with van der Waals surface area (Å²) < 4.78 is 4.74. The van der Waals surface area contributed by atoms with Gasteiger partial charge in [0.15, 0.2) is 0 Å². The molecule has 1 aromatic heterocycles. The van der Waals surface area contributed by atoms with Gasteiger partial charge in [0.1, 0.15) is 5.60 Å². The van der Waals surface area contributed by atoms with Crippen molar-refractivity contribution in [3.63, 3.8) is 0 Å². The number of aromatic nitrogens is 1. The van der Waals surface area contributed by atoms with Gasteiger partial charge in [-0.25, -0.2) is 0 Å². The second kappa shape index (κ2) is 6.39. The van der Waals surface area contributed by atoms with Gasteiger partial charge in [-0.3, -0.25) is 9.78 Å². The van der Waals surface area contributed by atoms with E-state index in [-0.39, 0.29) is 17.8 Å². The predicted molar refractivity (Wildman–Crippen MR) is 88.4 cm³/mol. The summed E-state index contributed by atoms with van der Waals surface area (Å²) in [6.45, 7) is 9.56. The molecule has 0 amide bonds. The van der Waals surface area contributed by atoms with Crippen molar-refractivity contribution in [1.29, 1.82) is 0 Å². The molecule has 1 heterocycles. The Hall–Kier alpha value is -0.680. The molecule has 0 aromatic carbocycles. The van der Waals surface area contributed by atoms with Crippen molar-refractivity contribution >= 4 is 31.2 Å². The molecule has 112 valence electrons. The zero-order valence-corrected chi connectivity index (χ0v) is 14.4. The predicted octanol–water partition coefficient (Wildman–Crippen LogP) is 3.72. The Labute approximate surface area is 132 Å². The number of esters is 1. The number of ether oxygens (including phenoxy) is 1. The second-order valence-electron chi connectivity index (χ2n) is 5.56. The Morgan fingerprint density at radius 1 is 1.35 bits per heavy atom. The fraction of sp³-hybridized carbons (Fsp3) is 0.600. The number of rotatable bonds is 2. The molecular weight excluding hydrogens is 290 g/mol. The lowest BCUT2D eigenvalue weighted by atomic mass is 10.1. The van der Waals surface area contributed by atoms with Gasteiger partial charge >= 0.3 is 5.97 Å². The average Bonchev–Trinajstić information content (AvgIpc) is 2.94. The zero-order valence-electron chi connectivity index (χ0n) is 12.6. The van der Waals surface area contributed by atoms with E-state index in [1.54, 1.807) is 12.4 Å². The van der Waals surface area contributed by atoms with Gasteiger partial charge in [0, 0.05) is 18.3 Å². The molecule has 2 atom stereocenters. The molecule has 1 aliphatic rings. The fourth-order valence-electron chi connectivity index (χ4n) is 2.03. The highest BCUT2D eigenvalue weighted by atomic mass is 32.2. The molecule has 0 bridgehead atoms. The summed E-state index contributed by atoms with van der Waals surface area (Å²) in [6.07, 6.45) is 3.45. The van der Waals surface area contributed by atoms with Crippen LogP contribution in [0.1, 0.15) is 46.1 Å². The van der Waals surface area contributed by atoms with Crippen molar-refractivity contribution in [3.8, 4) is 0 Å². The van der Waals surface area contributed by atoms with Crippen LogP contribution in [-0.2, 0) is 9.53 Å². The van der Waals surface area contributed by atoms with Crippen molar-refractivity contribution in [2.45, 2.75) is 50.2 Å². The van der Waals surface area contributed by atoms with Gasteiger partial charge in [-0.2, -0.15) is 25.3 Å². The summed E-state index contributed by atoms with van der Waals surface area (Å²) in [4.78, 5) is 16.1. The van der Waals surface area contributed by atoms with Crippen LogP contribution in [-0.4, -0.2) is 20.6 Å². The molecule has 5 heteroatoms. The zero-order chi connectivity index (χ0) is 15.6. The van der Waals surface area contributed by atoms with Crippen molar-refractivity contribution in [2.75, 3.05) is 0 Å². The van der Waals surface area contributed by atoms with Gasteiger partial charge in [0.2, 0.25) is 0 Å². The van der Waals surface area contributed by atoms with Crippen LogP contribution in [0.3, 0.4) is 0 Å². The van der Waals surface area contributed by atoms with Crippen LogP contribution in [0.4, 0.5) is 0 Å². The van der Waals surface area contributed by atoms with E-state index in [9.17, 15) is 4.79 Å².